The van der Waals surface area contributed by atoms with Crippen LogP contribution in [0.5, 0.6) is 0 Å². The first kappa shape index (κ1) is 23.0. The van der Waals surface area contributed by atoms with Crippen LogP contribution in [0.25, 0.3) is 10.8 Å². The number of nitrogens with zero attached hydrogens (tertiary/aromatic N) is 1. The van der Waals surface area contributed by atoms with Crippen molar-refractivity contribution in [2.45, 2.75) is 18.7 Å². The predicted octanol–water partition coefficient (Wildman–Crippen LogP) is 4.42. The Labute approximate surface area is 181 Å². The van der Waals surface area contributed by atoms with Gasteiger partial charge in [-0.25, -0.2) is 0 Å². The second-order valence-corrected chi connectivity index (χ2v) is 7.09. The van der Waals surface area contributed by atoms with Crippen molar-refractivity contribution >= 4 is 28.1 Å². The van der Waals surface area contributed by atoms with Crippen molar-refractivity contribution in [3.8, 4) is 0 Å². The molecule has 1 unspecified atom stereocenters. The topological polar surface area (TPSA) is 104 Å². The molecule has 0 aliphatic heterocycles. The average molecular weight is 447 g/mol. The number of anilines is 1. The maximum Gasteiger partial charge on any atom is 0.416 e. The fourth-order valence-corrected chi connectivity index (χ4v) is 3.15. The van der Waals surface area contributed by atoms with Gasteiger partial charge < -0.3 is 15.7 Å². The lowest BCUT2D eigenvalue weighted by Gasteiger charge is -2.14. The molecule has 0 radical (unpaired) electrons. The number of fused-ring (bicyclic) bond motifs is 1. The molecule has 3 N–H and O–H groups in total. The highest BCUT2D eigenvalue weighted by Gasteiger charge is 2.33. The van der Waals surface area contributed by atoms with Gasteiger partial charge in [0.2, 0.25) is 5.91 Å². The van der Waals surface area contributed by atoms with E-state index in [9.17, 15) is 33.2 Å². The van der Waals surface area contributed by atoms with Crippen LogP contribution in [0.4, 0.5) is 24.5 Å². The summed E-state index contributed by atoms with van der Waals surface area (Å²) in [6.45, 7) is -0.0677. The molecule has 168 valence electrons. The minimum Gasteiger partial charge on any atom is -0.387 e. The normalized spacial score (nSPS) is 12.4. The Kier molecular flexibility index (Phi) is 6.94. The smallest absolute Gasteiger partial charge is 0.387 e. The highest BCUT2D eigenvalue weighted by atomic mass is 19.4. The number of carbonyl (C=O) groups is 1. The van der Waals surface area contributed by atoms with E-state index in [4.69, 9.17) is 0 Å². The number of alkyl halides is 3. The number of halogens is 3. The molecule has 3 aromatic carbocycles. The zero-order valence-electron chi connectivity index (χ0n) is 16.7. The molecule has 0 saturated heterocycles. The van der Waals surface area contributed by atoms with Gasteiger partial charge >= 0.3 is 6.18 Å². The molecule has 7 nitrogen and oxygen atoms in total. The molecule has 0 aliphatic carbocycles. The number of carbonyl (C=O) groups excluding carboxylic acids is 1. The van der Waals surface area contributed by atoms with Crippen molar-refractivity contribution in [2.24, 2.45) is 0 Å². The molecule has 0 fully saturated rings. The first-order chi connectivity index (χ1) is 15.1. The van der Waals surface area contributed by atoms with Gasteiger partial charge in [-0.3, -0.25) is 14.9 Å². The summed E-state index contributed by atoms with van der Waals surface area (Å²) in [5.41, 5.74) is -1.34. The van der Waals surface area contributed by atoms with E-state index in [1.54, 1.807) is 6.07 Å². The van der Waals surface area contributed by atoms with Gasteiger partial charge in [0.1, 0.15) is 5.69 Å². The lowest BCUT2D eigenvalue weighted by Crippen LogP contribution is -2.29. The molecule has 0 heterocycles. The highest BCUT2D eigenvalue weighted by Crippen LogP contribution is 2.34. The number of benzene rings is 3. The Hall–Kier alpha value is -3.66. The number of aliphatic hydroxyl groups is 1. The summed E-state index contributed by atoms with van der Waals surface area (Å²) in [4.78, 5) is 22.2. The quantitative estimate of drug-likeness (QED) is 0.350. The standard InChI is InChI=1S/C22H20F3N3O4/c23-22(24,25)17-7-8-18(19(12-17)28(31)32)26-10-9-21(30)27-13-20(29)16-6-5-14-3-1-2-4-15(14)11-16/h1-8,11-12,20,26,29H,9-10,13H2,(H,27,30). The van der Waals surface area contributed by atoms with E-state index >= 15 is 0 Å². The van der Waals surface area contributed by atoms with Crippen LogP contribution in [0, 0.1) is 10.1 Å². The molecule has 10 heteroatoms. The Morgan fingerprint density at radius 2 is 1.78 bits per heavy atom. The van der Waals surface area contributed by atoms with E-state index < -0.39 is 34.4 Å². The van der Waals surface area contributed by atoms with Crippen molar-refractivity contribution in [3.63, 3.8) is 0 Å². The molecular formula is C22H20F3N3O4. The summed E-state index contributed by atoms with van der Waals surface area (Å²) in [5.74, 6) is -0.424. The number of nitro groups is 1. The van der Waals surface area contributed by atoms with Crippen LogP contribution in [0.3, 0.4) is 0 Å². The van der Waals surface area contributed by atoms with Gasteiger partial charge in [-0.05, 0) is 34.5 Å². The third kappa shape index (κ3) is 5.73. The van der Waals surface area contributed by atoms with E-state index in [1.807, 2.05) is 36.4 Å². The van der Waals surface area contributed by atoms with Gasteiger partial charge in [0.25, 0.3) is 5.69 Å². The number of rotatable bonds is 8. The Bertz CT molecular complexity index is 1130. The van der Waals surface area contributed by atoms with E-state index in [1.165, 1.54) is 0 Å². The van der Waals surface area contributed by atoms with Crippen LogP contribution in [0.2, 0.25) is 0 Å². The molecule has 0 bridgehead atoms. The summed E-state index contributed by atoms with van der Waals surface area (Å²) in [7, 11) is 0. The number of nitrogens with one attached hydrogen (secondary N) is 2. The lowest BCUT2D eigenvalue weighted by molar-refractivity contribution is -0.384. The van der Waals surface area contributed by atoms with Gasteiger partial charge in [-0.2, -0.15) is 13.2 Å². The largest absolute Gasteiger partial charge is 0.416 e. The van der Waals surface area contributed by atoms with Gasteiger partial charge in [0, 0.05) is 25.6 Å². The molecule has 1 amide bonds. The minimum absolute atomic E-state index is 0.0302. The second kappa shape index (κ2) is 9.65. The lowest BCUT2D eigenvalue weighted by atomic mass is 10.0. The van der Waals surface area contributed by atoms with Crippen LogP contribution in [0.15, 0.2) is 60.7 Å². The van der Waals surface area contributed by atoms with E-state index in [-0.39, 0.29) is 25.2 Å². The van der Waals surface area contributed by atoms with Crippen LogP contribution < -0.4 is 10.6 Å². The third-order valence-corrected chi connectivity index (χ3v) is 4.84. The summed E-state index contributed by atoms with van der Waals surface area (Å²) in [5, 5.41) is 28.6. The Morgan fingerprint density at radius 3 is 2.47 bits per heavy atom. The second-order valence-electron chi connectivity index (χ2n) is 7.09. The predicted molar refractivity (Wildman–Crippen MR) is 113 cm³/mol. The van der Waals surface area contributed by atoms with E-state index in [0.717, 1.165) is 22.9 Å². The number of hydrogen-bond donors (Lipinski definition) is 3. The molecule has 0 saturated carbocycles. The maximum absolute atomic E-state index is 12.8. The minimum atomic E-state index is -4.70. The zero-order chi connectivity index (χ0) is 23.3. The summed E-state index contributed by atoms with van der Waals surface area (Å²) in [6.07, 6.45) is -5.72. The summed E-state index contributed by atoms with van der Waals surface area (Å²) >= 11 is 0. The molecule has 0 aromatic heterocycles. The fourth-order valence-electron chi connectivity index (χ4n) is 3.15. The highest BCUT2D eigenvalue weighted by molar-refractivity contribution is 5.83. The van der Waals surface area contributed by atoms with Crippen molar-refractivity contribution < 1.29 is 28.0 Å². The molecule has 32 heavy (non-hydrogen) atoms. The van der Waals surface area contributed by atoms with E-state index in [2.05, 4.69) is 10.6 Å². The molecule has 0 spiro atoms. The number of hydrogen-bond acceptors (Lipinski definition) is 5. The summed E-state index contributed by atoms with van der Waals surface area (Å²) in [6, 6.07) is 15.3. The van der Waals surface area contributed by atoms with Gasteiger partial charge in [0.15, 0.2) is 0 Å². The third-order valence-electron chi connectivity index (χ3n) is 4.84. The number of aliphatic hydroxyl groups excluding tert-OH is 1. The average Bonchev–Trinajstić information content (AvgIpc) is 2.76. The van der Waals surface area contributed by atoms with Crippen LogP contribution in [-0.4, -0.2) is 29.0 Å². The zero-order valence-corrected chi connectivity index (χ0v) is 16.7. The molecule has 3 aromatic rings. The number of nitro benzene ring substituents is 1. The van der Waals surface area contributed by atoms with Gasteiger partial charge in [-0.1, -0.05) is 36.4 Å². The van der Waals surface area contributed by atoms with Crippen LogP contribution >= 0.6 is 0 Å². The Morgan fingerprint density at radius 1 is 1.06 bits per heavy atom. The Balaban J connectivity index is 1.52. The number of amides is 1. The molecular weight excluding hydrogens is 427 g/mol. The van der Waals surface area contributed by atoms with Crippen molar-refractivity contribution in [1.29, 1.82) is 0 Å². The molecule has 1 atom stereocenters. The van der Waals surface area contributed by atoms with Crippen molar-refractivity contribution in [1.82, 2.24) is 5.32 Å². The molecule has 3 rings (SSSR count). The summed E-state index contributed by atoms with van der Waals surface area (Å²) < 4.78 is 38.3. The van der Waals surface area contributed by atoms with E-state index in [0.29, 0.717) is 11.6 Å². The van der Waals surface area contributed by atoms with Gasteiger partial charge in [-0.15, -0.1) is 0 Å². The maximum atomic E-state index is 12.8. The fraction of sp³-hybridized carbons (Fsp3) is 0.227. The van der Waals surface area contributed by atoms with Crippen molar-refractivity contribution in [3.05, 3.63) is 81.9 Å². The van der Waals surface area contributed by atoms with Crippen molar-refractivity contribution in [2.75, 3.05) is 18.4 Å². The first-order valence-electron chi connectivity index (χ1n) is 9.68. The SMILES string of the molecule is O=C(CCNc1ccc(C(F)(F)F)cc1[N+](=O)[O-])NCC(O)c1ccc2ccccc2c1. The first-order valence-corrected chi connectivity index (χ1v) is 9.68. The monoisotopic (exact) mass is 447 g/mol. The van der Waals surface area contributed by atoms with Gasteiger partial charge in [0.05, 0.1) is 16.6 Å². The van der Waals surface area contributed by atoms with Crippen LogP contribution in [0.1, 0.15) is 23.7 Å². The van der Waals surface area contributed by atoms with Crippen LogP contribution in [-0.2, 0) is 11.0 Å². The molecule has 0 aliphatic rings.